The summed E-state index contributed by atoms with van der Waals surface area (Å²) >= 11 is 5.56. The largest absolute Gasteiger partial charge is 0.376 e. The summed E-state index contributed by atoms with van der Waals surface area (Å²) in [5.41, 5.74) is 1.29. The summed E-state index contributed by atoms with van der Waals surface area (Å²) in [4.78, 5) is 17.8. The Balaban J connectivity index is 2.59. The normalized spacial score (nSPS) is 10.9. The highest BCUT2D eigenvalue weighted by Gasteiger charge is 2.10. The van der Waals surface area contributed by atoms with Gasteiger partial charge in [-0.3, -0.25) is 9.78 Å². The summed E-state index contributed by atoms with van der Waals surface area (Å²) in [5, 5.41) is 11.8. The first-order valence-corrected chi connectivity index (χ1v) is 7.83. The first-order chi connectivity index (χ1) is 10.7. The van der Waals surface area contributed by atoms with Crippen molar-refractivity contribution in [2.45, 2.75) is 19.8 Å². The van der Waals surface area contributed by atoms with Gasteiger partial charge in [-0.05, 0) is 37.5 Å². The van der Waals surface area contributed by atoms with Crippen molar-refractivity contribution < 1.29 is 4.79 Å². The van der Waals surface area contributed by atoms with E-state index < -0.39 is 0 Å². The molecule has 0 aliphatic heterocycles. The lowest BCUT2D eigenvalue weighted by atomic mass is 10.2. The van der Waals surface area contributed by atoms with Gasteiger partial charge in [0.1, 0.15) is 11.6 Å². The molecule has 0 saturated heterocycles. The molecule has 1 aromatic rings. The summed E-state index contributed by atoms with van der Waals surface area (Å²) in [6.45, 7) is 3.93. The molecule has 1 rings (SSSR count). The van der Waals surface area contributed by atoms with E-state index in [9.17, 15) is 4.79 Å². The van der Waals surface area contributed by atoms with E-state index in [0.717, 1.165) is 19.5 Å². The molecule has 0 unspecified atom stereocenters. The molecule has 0 radical (unpaired) electrons. The predicted octanol–water partition coefficient (Wildman–Crippen LogP) is 2.10. The van der Waals surface area contributed by atoms with E-state index in [-0.39, 0.29) is 11.5 Å². The van der Waals surface area contributed by atoms with Crippen LogP contribution in [0.15, 0.2) is 36.3 Å². The molecule has 118 valence electrons. The molecule has 0 saturated carbocycles. The van der Waals surface area contributed by atoms with Gasteiger partial charge in [-0.15, -0.1) is 11.6 Å². The van der Waals surface area contributed by atoms with Gasteiger partial charge < -0.3 is 10.2 Å². The molecule has 1 amide bonds. The lowest BCUT2D eigenvalue weighted by Crippen LogP contribution is -2.28. The molecular weight excluding hydrogens is 300 g/mol. The Morgan fingerprint density at radius 1 is 1.50 bits per heavy atom. The molecule has 1 aromatic heterocycles. The highest BCUT2D eigenvalue weighted by atomic mass is 35.5. The van der Waals surface area contributed by atoms with E-state index in [0.29, 0.717) is 18.8 Å². The number of carbonyl (C=O) groups excluding carboxylic acids is 1. The second kappa shape index (κ2) is 10.6. The van der Waals surface area contributed by atoms with E-state index in [1.807, 2.05) is 30.0 Å². The number of hydrogen-bond acceptors (Lipinski definition) is 4. The van der Waals surface area contributed by atoms with Crippen LogP contribution in [0.5, 0.6) is 0 Å². The first kappa shape index (κ1) is 18.0. The van der Waals surface area contributed by atoms with Gasteiger partial charge in [-0.1, -0.05) is 0 Å². The van der Waals surface area contributed by atoms with Crippen LogP contribution in [0.1, 0.15) is 18.9 Å². The van der Waals surface area contributed by atoms with Crippen LogP contribution in [0, 0.1) is 11.3 Å². The lowest BCUT2D eigenvalue weighted by molar-refractivity contribution is -0.117. The third-order valence-electron chi connectivity index (χ3n) is 3.12. The average Bonchev–Trinajstić information content (AvgIpc) is 2.56. The minimum absolute atomic E-state index is 0.117. The molecule has 1 N–H and O–H groups in total. The Kier molecular flexibility index (Phi) is 8.70. The number of rotatable bonds is 9. The number of likely N-dealkylation sites (N-methyl/N-ethyl adjacent to an activating group) is 1. The molecule has 6 heteroatoms. The summed E-state index contributed by atoms with van der Waals surface area (Å²) in [6.07, 6.45) is 6.65. The minimum Gasteiger partial charge on any atom is -0.376 e. The van der Waals surface area contributed by atoms with E-state index >= 15 is 0 Å². The average molecular weight is 321 g/mol. The zero-order valence-electron chi connectivity index (χ0n) is 12.8. The maximum atomic E-state index is 11.9. The Bertz CT molecular complexity index is 525. The van der Waals surface area contributed by atoms with Crippen LogP contribution < -0.4 is 5.32 Å². The van der Waals surface area contributed by atoms with Crippen LogP contribution in [-0.2, 0) is 11.2 Å². The molecule has 0 fully saturated rings. The van der Waals surface area contributed by atoms with Crippen LogP contribution in [0.4, 0.5) is 0 Å². The van der Waals surface area contributed by atoms with Gasteiger partial charge >= 0.3 is 0 Å². The molecule has 0 aliphatic rings. The summed E-state index contributed by atoms with van der Waals surface area (Å²) in [7, 11) is 0. The topological polar surface area (TPSA) is 69.0 Å². The summed E-state index contributed by atoms with van der Waals surface area (Å²) < 4.78 is 0. The zero-order chi connectivity index (χ0) is 16.2. The number of nitrogens with one attached hydrogen (secondary N) is 1. The quantitative estimate of drug-likeness (QED) is 0.327. The van der Waals surface area contributed by atoms with Crippen molar-refractivity contribution in [1.82, 2.24) is 15.2 Å². The van der Waals surface area contributed by atoms with Crippen molar-refractivity contribution in [3.8, 4) is 6.07 Å². The van der Waals surface area contributed by atoms with Crippen molar-refractivity contribution in [1.29, 1.82) is 5.26 Å². The Hall–Kier alpha value is -2.06. The fourth-order valence-electron chi connectivity index (χ4n) is 1.82. The fraction of sp³-hybridized carbons (Fsp3) is 0.438. The number of hydrogen-bond donors (Lipinski definition) is 1. The van der Waals surface area contributed by atoms with Gasteiger partial charge in [0.2, 0.25) is 0 Å². The van der Waals surface area contributed by atoms with Crippen LogP contribution in [0.3, 0.4) is 0 Å². The number of amides is 1. The van der Waals surface area contributed by atoms with Crippen molar-refractivity contribution in [2.24, 2.45) is 0 Å². The molecule has 0 spiro atoms. The van der Waals surface area contributed by atoms with Gasteiger partial charge in [-0.2, -0.15) is 5.26 Å². The monoisotopic (exact) mass is 320 g/mol. The standard InChI is InChI=1S/C16H21ClN4O/c1-2-21(11-6-14-4-9-19-10-5-14)13-15(12-18)16(22)20-8-3-7-17/h4-5,9-10,13H,2-3,6-8,11H2,1H3,(H,20,22)/b15-13-. The van der Waals surface area contributed by atoms with Crippen molar-refractivity contribution >= 4 is 17.5 Å². The number of nitriles is 1. The van der Waals surface area contributed by atoms with Crippen LogP contribution in [0.25, 0.3) is 0 Å². The number of carbonyl (C=O) groups is 1. The van der Waals surface area contributed by atoms with Gasteiger partial charge in [0.15, 0.2) is 0 Å². The van der Waals surface area contributed by atoms with Gasteiger partial charge in [-0.25, -0.2) is 0 Å². The maximum absolute atomic E-state index is 11.9. The third-order valence-corrected chi connectivity index (χ3v) is 3.38. The van der Waals surface area contributed by atoms with E-state index in [1.165, 1.54) is 5.56 Å². The molecular formula is C16H21ClN4O. The van der Waals surface area contributed by atoms with Crippen molar-refractivity contribution in [2.75, 3.05) is 25.5 Å². The smallest absolute Gasteiger partial charge is 0.263 e. The maximum Gasteiger partial charge on any atom is 0.263 e. The number of halogens is 1. The Morgan fingerprint density at radius 2 is 2.23 bits per heavy atom. The molecule has 1 heterocycles. The van der Waals surface area contributed by atoms with Crippen molar-refractivity contribution in [3.63, 3.8) is 0 Å². The zero-order valence-corrected chi connectivity index (χ0v) is 13.5. The number of aromatic nitrogens is 1. The Morgan fingerprint density at radius 3 is 2.82 bits per heavy atom. The highest BCUT2D eigenvalue weighted by Crippen LogP contribution is 2.03. The van der Waals surface area contributed by atoms with Crippen molar-refractivity contribution in [3.05, 3.63) is 41.9 Å². The van der Waals surface area contributed by atoms with Crippen LogP contribution in [0.2, 0.25) is 0 Å². The van der Waals surface area contributed by atoms with E-state index in [2.05, 4.69) is 10.3 Å². The minimum atomic E-state index is -0.352. The summed E-state index contributed by atoms with van der Waals surface area (Å²) in [5.74, 6) is 0.133. The molecule has 0 bridgehead atoms. The van der Waals surface area contributed by atoms with Gasteiger partial charge in [0.05, 0.1) is 0 Å². The fourth-order valence-corrected chi connectivity index (χ4v) is 1.95. The van der Waals surface area contributed by atoms with Crippen LogP contribution in [-0.4, -0.2) is 41.3 Å². The lowest BCUT2D eigenvalue weighted by Gasteiger charge is -2.18. The van der Waals surface area contributed by atoms with Gasteiger partial charge in [0, 0.05) is 44.1 Å². The Labute approximate surface area is 136 Å². The molecule has 22 heavy (non-hydrogen) atoms. The number of nitrogens with zero attached hydrogens (tertiary/aromatic N) is 3. The predicted molar refractivity (Wildman–Crippen MR) is 87.2 cm³/mol. The second-order valence-electron chi connectivity index (χ2n) is 4.69. The highest BCUT2D eigenvalue weighted by molar-refractivity contribution is 6.17. The number of pyridine rings is 1. The molecule has 0 aromatic carbocycles. The molecule has 0 atom stereocenters. The first-order valence-electron chi connectivity index (χ1n) is 7.30. The molecule has 0 aliphatic carbocycles. The van der Waals surface area contributed by atoms with E-state index in [1.54, 1.807) is 18.6 Å². The third kappa shape index (κ3) is 6.59. The molecule has 5 nitrogen and oxygen atoms in total. The van der Waals surface area contributed by atoms with Crippen LogP contribution >= 0.6 is 11.6 Å². The second-order valence-corrected chi connectivity index (χ2v) is 5.07. The van der Waals surface area contributed by atoms with Gasteiger partial charge in [0.25, 0.3) is 5.91 Å². The SMILES string of the molecule is CCN(/C=C(/C#N)C(=O)NCCCCl)CCc1ccncc1. The summed E-state index contributed by atoms with van der Waals surface area (Å²) in [6, 6.07) is 5.88. The van der Waals surface area contributed by atoms with E-state index in [4.69, 9.17) is 16.9 Å². The number of alkyl halides is 1.